The SMILES string of the molecule is CC1(C)[C@H]2CC[C@]1(C)C=C2C(=O)c1ccccc1. The van der Waals surface area contributed by atoms with Crippen LogP contribution in [0.15, 0.2) is 42.0 Å². The van der Waals surface area contributed by atoms with Gasteiger partial charge < -0.3 is 0 Å². The van der Waals surface area contributed by atoms with Gasteiger partial charge in [-0.05, 0) is 29.6 Å². The van der Waals surface area contributed by atoms with E-state index in [2.05, 4.69) is 26.8 Å². The highest BCUT2D eigenvalue weighted by molar-refractivity contribution is 6.09. The van der Waals surface area contributed by atoms with Gasteiger partial charge in [0.2, 0.25) is 0 Å². The molecular formula is C17H20O. The normalized spacial score (nSPS) is 32.4. The van der Waals surface area contributed by atoms with Crippen LogP contribution >= 0.6 is 0 Å². The highest BCUT2D eigenvalue weighted by atomic mass is 16.1. The van der Waals surface area contributed by atoms with Gasteiger partial charge in [-0.15, -0.1) is 0 Å². The molecule has 0 unspecified atom stereocenters. The summed E-state index contributed by atoms with van der Waals surface area (Å²) in [7, 11) is 0. The molecule has 0 aliphatic heterocycles. The molecule has 2 aliphatic rings. The van der Waals surface area contributed by atoms with Crippen molar-refractivity contribution in [2.24, 2.45) is 16.7 Å². The van der Waals surface area contributed by atoms with Crippen molar-refractivity contribution in [3.8, 4) is 0 Å². The lowest BCUT2D eigenvalue weighted by Crippen LogP contribution is -2.27. The number of carbonyl (C=O) groups is 1. The van der Waals surface area contributed by atoms with Crippen molar-refractivity contribution in [1.82, 2.24) is 0 Å². The summed E-state index contributed by atoms with van der Waals surface area (Å²) in [5.41, 5.74) is 2.32. The Morgan fingerprint density at radius 3 is 2.33 bits per heavy atom. The second-order valence-electron chi connectivity index (χ2n) is 6.53. The number of rotatable bonds is 2. The van der Waals surface area contributed by atoms with Gasteiger partial charge in [-0.1, -0.05) is 57.2 Å². The number of hydrogen-bond acceptors (Lipinski definition) is 1. The minimum atomic E-state index is 0.206. The predicted molar refractivity (Wildman–Crippen MR) is 73.5 cm³/mol. The quantitative estimate of drug-likeness (QED) is 0.706. The first-order valence-electron chi connectivity index (χ1n) is 6.78. The summed E-state index contributed by atoms with van der Waals surface area (Å²) in [5, 5.41) is 0. The summed E-state index contributed by atoms with van der Waals surface area (Å²) in [6, 6.07) is 9.67. The number of Topliss-reactive ketones (excluding diaryl/α,β-unsaturated/α-hetero) is 1. The number of fused-ring (bicyclic) bond motifs is 2. The molecule has 1 saturated carbocycles. The molecular weight excluding hydrogens is 220 g/mol. The fourth-order valence-corrected chi connectivity index (χ4v) is 3.75. The van der Waals surface area contributed by atoms with Crippen LogP contribution in [0.1, 0.15) is 44.0 Å². The summed E-state index contributed by atoms with van der Waals surface area (Å²) in [4.78, 5) is 12.6. The van der Waals surface area contributed by atoms with Gasteiger partial charge in [0.15, 0.2) is 5.78 Å². The van der Waals surface area contributed by atoms with Crippen molar-refractivity contribution in [3.63, 3.8) is 0 Å². The van der Waals surface area contributed by atoms with Crippen molar-refractivity contribution in [1.29, 1.82) is 0 Å². The molecule has 94 valence electrons. The topological polar surface area (TPSA) is 17.1 Å². The zero-order valence-electron chi connectivity index (χ0n) is 11.4. The summed E-state index contributed by atoms with van der Waals surface area (Å²) >= 11 is 0. The van der Waals surface area contributed by atoms with Gasteiger partial charge >= 0.3 is 0 Å². The highest BCUT2D eigenvalue weighted by Gasteiger charge is 2.57. The molecule has 0 amide bonds. The number of ketones is 1. The Morgan fingerprint density at radius 1 is 1.17 bits per heavy atom. The van der Waals surface area contributed by atoms with E-state index in [9.17, 15) is 4.79 Å². The van der Waals surface area contributed by atoms with Gasteiger partial charge in [0.1, 0.15) is 0 Å². The standard InChI is InChI=1S/C17H20O/c1-16(2)14-9-10-17(16,3)11-13(14)15(18)12-7-5-4-6-8-12/h4-8,11,14H,9-10H2,1-3H3/t14-,17+/m0/s1. The van der Waals surface area contributed by atoms with E-state index in [-0.39, 0.29) is 16.6 Å². The Morgan fingerprint density at radius 2 is 1.83 bits per heavy atom. The molecule has 2 aliphatic carbocycles. The van der Waals surface area contributed by atoms with Crippen LogP contribution in [0.3, 0.4) is 0 Å². The highest BCUT2D eigenvalue weighted by Crippen LogP contribution is 2.64. The number of hydrogen-bond donors (Lipinski definition) is 0. The zero-order valence-corrected chi connectivity index (χ0v) is 11.4. The van der Waals surface area contributed by atoms with Gasteiger partial charge in [0, 0.05) is 11.1 Å². The Balaban J connectivity index is 1.99. The molecule has 0 aromatic heterocycles. The Hall–Kier alpha value is -1.37. The second kappa shape index (κ2) is 3.57. The molecule has 1 nitrogen and oxygen atoms in total. The first-order chi connectivity index (χ1) is 8.46. The summed E-state index contributed by atoms with van der Waals surface area (Å²) in [6.45, 7) is 6.93. The Kier molecular flexibility index (Phi) is 2.32. The third-order valence-electron chi connectivity index (χ3n) is 5.44. The molecule has 0 heterocycles. The molecule has 1 aromatic carbocycles. The van der Waals surface area contributed by atoms with Gasteiger partial charge in [0.25, 0.3) is 0 Å². The van der Waals surface area contributed by atoms with E-state index in [1.165, 1.54) is 6.42 Å². The van der Waals surface area contributed by atoms with E-state index in [1.807, 2.05) is 30.3 Å². The molecule has 0 radical (unpaired) electrons. The van der Waals surface area contributed by atoms with Crippen molar-refractivity contribution >= 4 is 5.78 Å². The maximum atomic E-state index is 12.6. The van der Waals surface area contributed by atoms with Crippen LogP contribution in [0.2, 0.25) is 0 Å². The fraction of sp³-hybridized carbons (Fsp3) is 0.471. The molecule has 0 N–H and O–H groups in total. The molecule has 1 heteroatoms. The van der Waals surface area contributed by atoms with Crippen molar-refractivity contribution < 1.29 is 4.79 Å². The molecule has 2 atom stereocenters. The molecule has 0 spiro atoms. The first kappa shape index (κ1) is 11.7. The second-order valence-corrected chi connectivity index (χ2v) is 6.53. The van der Waals surface area contributed by atoms with E-state index in [4.69, 9.17) is 0 Å². The lowest BCUT2D eigenvalue weighted by molar-refractivity contribution is 0.101. The summed E-state index contributed by atoms with van der Waals surface area (Å²) < 4.78 is 0. The number of benzene rings is 1. The number of carbonyl (C=O) groups excluding carboxylic acids is 1. The lowest BCUT2D eigenvalue weighted by Gasteiger charge is -2.33. The van der Waals surface area contributed by atoms with Gasteiger partial charge in [0.05, 0.1) is 0 Å². The van der Waals surface area contributed by atoms with Gasteiger partial charge in [-0.3, -0.25) is 4.79 Å². The molecule has 18 heavy (non-hydrogen) atoms. The Bertz CT molecular complexity index is 524. The van der Waals surface area contributed by atoms with Crippen LogP contribution in [-0.4, -0.2) is 5.78 Å². The molecule has 0 saturated heterocycles. The zero-order chi connectivity index (χ0) is 13.0. The van der Waals surface area contributed by atoms with Crippen molar-refractivity contribution in [2.75, 3.05) is 0 Å². The third kappa shape index (κ3) is 1.36. The van der Waals surface area contributed by atoms with Crippen LogP contribution in [0.5, 0.6) is 0 Å². The molecule has 3 rings (SSSR count). The molecule has 1 aromatic rings. The van der Waals surface area contributed by atoms with Crippen LogP contribution in [-0.2, 0) is 0 Å². The fourth-order valence-electron chi connectivity index (χ4n) is 3.75. The lowest BCUT2D eigenvalue weighted by atomic mass is 9.70. The maximum absolute atomic E-state index is 12.6. The smallest absolute Gasteiger partial charge is 0.189 e. The monoisotopic (exact) mass is 240 g/mol. The van der Waals surface area contributed by atoms with Crippen LogP contribution in [0.4, 0.5) is 0 Å². The largest absolute Gasteiger partial charge is 0.289 e. The first-order valence-corrected chi connectivity index (χ1v) is 6.78. The van der Waals surface area contributed by atoms with Crippen LogP contribution in [0.25, 0.3) is 0 Å². The van der Waals surface area contributed by atoms with E-state index in [0.29, 0.717) is 5.92 Å². The van der Waals surface area contributed by atoms with E-state index >= 15 is 0 Å². The summed E-state index contributed by atoms with van der Waals surface area (Å²) in [5.74, 6) is 0.673. The average molecular weight is 240 g/mol. The van der Waals surface area contributed by atoms with Crippen molar-refractivity contribution in [3.05, 3.63) is 47.5 Å². The van der Waals surface area contributed by atoms with Crippen molar-refractivity contribution in [2.45, 2.75) is 33.6 Å². The molecule has 2 bridgehead atoms. The van der Waals surface area contributed by atoms with Crippen LogP contribution in [0, 0.1) is 16.7 Å². The average Bonchev–Trinajstić information content (AvgIpc) is 2.71. The number of allylic oxidation sites excluding steroid dienone is 2. The maximum Gasteiger partial charge on any atom is 0.189 e. The molecule has 1 fully saturated rings. The van der Waals surface area contributed by atoms with Gasteiger partial charge in [-0.25, -0.2) is 0 Å². The van der Waals surface area contributed by atoms with Crippen LogP contribution < -0.4 is 0 Å². The minimum Gasteiger partial charge on any atom is -0.289 e. The Labute approximate surface area is 109 Å². The van der Waals surface area contributed by atoms with E-state index < -0.39 is 0 Å². The minimum absolute atomic E-state index is 0.206. The third-order valence-corrected chi connectivity index (χ3v) is 5.44. The van der Waals surface area contributed by atoms with E-state index in [0.717, 1.165) is 17.6 Å². The van der Waals surface area contributed by atoms with E-state index in [1.54, 1.807) is 0 Å². The summed E-state index contributed by atoms with van der Waals surface area (Å²) in [6.07, 6.45) is 4.64. The van der Waals surface area contributed by atoms with Gasteiger partial charge in [-0.2, -0.15) is 0 Å². The predicted octanol–water partition coefficient (Wildman–Crippen LogP) is 4.25.